The highest BCUT2D eigenvalue weighted by atomic mass is 35.5. The van der Waals surface area contributed by atoms with Gasteiger partial charge in [0.2, 0.25) is 0 Å². The number of aryl methyl sites for hydroxylation is 1. The van der Waals surface area contributed by atoms with Crippen LogP contribution in [0.4, 0.5) is 0 Å². The third kappa shape index (κ3) is 3.39. The lowest BCUT2D eigenvalue weighted by Gasteiger charge is -2.22. The molecule has 0 heterocycles. The third-order valence-corrected chi connectivity index (χ3v) is 3.67. The average Bonchev–Trinajstić information content (AvgIpc) is 2.47. The zero-order valence-corrected chi connectivity index (χ0v) is 13.7. The topological polar surface area (TPSA) is 54.9 Å². The van der Waals surface area contributed by atoms with Crippen LogP contribution in [0.25, 0.3) is 11.1 Å². The molecule has 21 heavy (non-hydrogen) atoms. The van der Waals surface area contributed by atoms with Gasteiger partial charge in [0.1, 0.15) is 5.76 Å². The van der Waals surface area contributed by atoms with Crippen molar-refractivity contribution < 1.29 is 14.3 Å². The fourth-order valence-corrected chi connectivity index (χ4v) is 2.64. The molecule has 0 saturated carbocycles. The number of rotatable bonds is 3. The molecular weight excluding hydrogens is 308 g/mol. The highest BCUT2D eigenvalue weighted by Gasteiger charge is 2.34. The molecule has 0 saturated heterocycles. The van der Waals surface area contributed by atoms with Gasteiger partial charge in [0.05, 0.1) is 13.2 Å². The SMILES string of the molecule is COC1=CC(=[N+]=[N-])C(OC)C(S)=C1c1ccc(C)cc1.Cl. The van der Waals surface area contributed by atoms with Crippen LogP contribution in [-0.2, 0) is 9.47 Å². The first kappa shape index (κ1) is 17.5. The second-order valence-electron chi connectivity index (χ2n) is 4.48. The number of allylic oxidation sites excluding steroid dienone is 1. The first-order chi connectivity index (χ1) is 9.62. The standard InChI is InChI=1S/C15H16N2O2S.ClH/c1-9-4-6-10(7-5-9)13-12(18-2)8-11(17-16)14(19-3)15(13)20;/h4-8,14,20H,1-3H3;1H. The van der Waals surface area contributed by atoms with Crippen LogP contribution in [0.2, 0.25) is 0 Å². The van der Waals surface area contributed by atoms with E-state index in [0.29, 0.717) is 16.4 Å². The van der Waals surface area contributed by atoms with E-state index in [-0.39, 0.29) is 12.4 Å². The van der Waals surface area contributed by atoms with Crippen LogP contribution >= 0.6 is 25.0 Å². The molecule has 0 amide bonds. The monoisotopic (exact) mass is 324 g/mol. The average molecular weight is 325 g/mol. The van der Waals surface area contributed by atoms with Crippen molar-refractivity contribution in [1.82, 2.24) is 0 Å². The van der Waals surface area contributed by atoms with Crippen LogP contribution in [-0.4, -0.2) is 30.8 Å². The van der Waals surface area contributed by atoms with Gasteiger partial charge >= 0.3 is 5.71 Å². The van der Waals surface area contributed by atoms with E-state index in [1.54, 1.807) is 20.3 Å². The Hall–Kier alpha value is -1.52. The minimum atomic E-state index is -0.501. The lowest BCUT2D eigenvalue weighted by molar-refractivity contribution is -0.0190. The van der Waals surface area contributed by atoms with Gasteiger partial charge in [-0.05, 0) is 12.5 Å². The van der Waals surface area contributed by atoms with Gasteiger partial charge in [-0.1, -0.05) is 29.8 Å². The second-order valence-corrected chi connectivity index (χ2v) is 4.96. The Morgan fingerprint density at radius 2 is 1.81 bits per heavy atom. The van der Waals surface area contributed by atoms with Crippen molar-refractivity contribution in [2.75, 3.05) is 14.2 Å². The molecule has 0 bridgehead atoms. The number of methoxy groups -OCH3 is 2. The molecule has 4 nitrogen and oxygen atoms in total. The Labute approximate surface area is 135 Å². The van der Waals surface area contributed by atoms with Crippen LogP contribution < -0.4 is 0 Å². The summed E-state index contributed by atoms with van der Waals surface area (Å²) in [6.45, 7) is 2.03. The molecule has 1 aromatic rings. The second kappa shape index (κ2) is 7.48. The zero-order chi connectivity index (χ0) is 14.7. The zero-order valence-electron chi connectivity index (χ0n) is 12.0. The summed E-state index contributed by atoms with van der Waals surface area (Å²) in [5.41, 5.74) is 12.4. The smallest absolute Gasteiger partial charge is 0.329 e. The molecular formula is C15H17ClN2O2S. The summed E-state index contributed by atoms with van der Waals surface area (Å²) >= 11 is 4.54. The number of hydrogen-bond donors (Lipinski definition) is 1. The molecule has 0 aromatic heterocycles. The minimum Gasteiger partial charge on any atom is -0.496 e. The summed E-state index contributed by atoms with van der Waals surface area (Å²) in [6.07, 6.45) is 1.15. The van der Waals surface area contributed by atoms with E-state index >= 15 is 0 Å². The molecule has 0 radical (unpaired) electrons. The Bertz CT molecular complexity index is 632. The number of thiol groups is 1. The van der Waals surface area contributed by atoms with E-state index < -0.39 is 6.10 Å². The molecule has 1 aliphatic carbocycles. The maximum absolute atomic E-state index is 9.07. The van der Waals surface area contributed by atoms with Gasteiger partial charge in [-0.15, -0.1) is 25.0 Å². The Balaban J connectivity index is 0.00000220. The lowest BCUT2D eigenvalue weighted by atomic mass is 9.94. The van der Waals surface area contributed by atoms with Crippen molar-refractivity contribution in [2.24, 2.45) is 0 Å². The lowest BCUT2D eigenvalue weighted by Crippen LogP contribution is -2.27. The minimum absolute atomic E-state index is 0. The van der Waals surface area contributed by atoms with Gasteiger partial charge in [0, 0.05) is 17.6 Å². The highest BCUT2D eigenvalue weighted by molar-refractivity contribution is 7.84. The molecule has 1 aromatic carbocycles. The molecule has 112 valence electrons. The molecule has 1 aliphatic rings. The number of ether oxygens (including phenoxy) is 2. The fraction of sp³-hybridized carbons (Fsp3) is 0.267. The first-order valence-electron chi connectivity index (χ1n) is 6.13. The first-order valence-corrected chi connectivity index (χ1v) is 6.58. The van der Waals surface area contributed by atoms with E-state index in [2.05, 4.69) is 17.4 Å². The number of halogens is 1. The van der Waals surface area contributed by atoms with E-state index in [9.17, 15) is 0 Å². The predicted molar refractivity (Wildman–Crippen MR) is 88.8 cm³/mol. The summed E-state index contributed by atoms with van der Waals surface area (Å²) in [4.78, 5) is 3.90. The van der Waals surface area contributed by atoms with Gasteiger partial charge in [-0.25, -0.2) is 0 Å². The molecule has 1 atom stereocenters. The molecule has 0 N–H and O–H groups in total. The third-order valence-electron chi connectivity index (χ3n) is 3.21. The van der Waals surface area contributed by atoms with Crippen LogP contribution in [0.3, 0.4) is 0 Å². The van der Waals surface area contributed by atoms with E-state index in [0.717, 1.165) is 11.1 Å². The summed E-state index contributed by atoms with van der Waals surface area (Å²) in [7, 11) is 3.12. The Kier molecular flexibility index (Phi) is 6.24. The fourth-order valence-electron chi connectivity index (χ4n) is 2.16. The van der Waals surface area contributed by atoms with Gasteiger partial charge in [-0.2, -0.15) is 4.79 Å². The molecule has 2 rings (SSSR count). The van der Waals surface area contributed by atoms with Crippen molar-refractivity contribution in [2.45, 2.75) is 13.0 Å². The molecule has 0 aliphatic heterocycles. The summed E-state index contributed by atoms with van der Waals surface area (Å²) in [5.74, 6) is 0.597. The maximum Gasteiger partial charge on any atom is 0.329 e. The van der Waals surface area contributed by atoms with Gasteiger partial charge in [0.15, 0.2) is 6.10 Å². The van der Waals surface area contributed by atoms with E-state index in [4.69, 9.17) is 15.0 Å². The normalized spacial score (nSPS) is 17.8. The van der Waals surface area contributed by atoms with Crippen molar-refractivity contribution in [1.29, 1.82) is 0 Å². The van der Waals surface area contributed by atoms with E-state index in [1.165, 1.54) is 5.56 Å². The highest BCUT2D eigenvalue weighted by Crippen LogP contribution is 2.35. The van der Waals surface area contributed by atoms with Crippen molar-refractivity contribution in [3.05, 3.63) is 57.7 Å². The van der Waals surface area contributed by atoms with Crippen molar-refractivity contribution in [3.8, 4) is 0 Å². The largest absolute Gasteiger partial charge is 0.496 e. The van der Waals surface area contributed by atoms with Crippen molar-refractivity contribution >= 4 is 36.3 Å². The molecule has 6 heteroatoms. The number of hydrogen-bond acceptors (Lipinski definition) is 3. The van der Waals surface area contributed by atoms with Crippen LogP contribution in [0, 0.1) is 6.92 Å². The van der Waals surface area contributed by atoms with Gasteiger partial charge < -0.3 is 15.0 Å². The van der Waals surface area contributed by atoms with Gasteiger partial charge in [-0.3, -0.25) is 0 Å². The molecule has 1 unspecified atom stereocenters. The summed E-state index contributed by atoms with van der Waals surface area (Å²) in [6, 6.07) is 8.05. The maximum atomic E-state index is 9.07. The predicted octanol–water partition coefficient (Wildman–Crippen LogP) is 3.29. The molecule has 0 fully saturated rings. The van der Waals surface area contributed by atoms with Crippen molar-refractivity contribution in [3.63, 3.8) is 0 Å². The quantitative estimate of drug-likeness (QED) is 0.527. The van der Waals surface area contributed by atoms with Gasteiger partial charge in [0.25, 0.3) is 0 Å². The number of benzene rings is 1. The molecule has 0 spiro atoms. The summed E-state index contributed by atoms with van der Waals surface area (Å²) in [5, 5.41) is 0. The van der Waals surface area contributed by atoms with E-state index in [1.807, 2.05) is 31.2 Å². The summed E-state index contributed by atoms with van der Waals surface area (Å²) < 4.78 is 10.7. The van der Waals surface area contributed by atoms with Crippen LogP contribution in [0.15, 0.2) is 41.0 Å². The van der Waals surface area contributed by atoms with Crippen LogP contribution in [0.5, 0.6) is 0 Å². The Morgan fingerprint density at radius 3 is 2.29 bits per heavy atom. The number of nitrogens with zero attached hydrogens (tertiary/aromatic N) is 2. The van der Waals surface area contributed by atoms with Crippen LogP contribution in [0.1, 0.15) is 11.1 Å². The Morgan fingerprint density at radius 1 is 1.19 bits per heavy atom.